The molecule has 9 nitrogen and oxygen atoms in total. The molecule has 2 aromatic rings. The first-order valence-corrected chi connectivity index (χ1v) is 15.7. The molecule has 4 amide bonds. The van der Waals surface area contributed by atoms with Gasteiger partial charge in [-0.25, -0.2) is 4.79 Å². The molecule has 44 heavy (non-hydrogen) atoms. The number of unbranched alkanes of at least 4 members (excludes halogenated alkanes) is 5. The third-order valence-electron chi connectivity index (χ3n) is 7.53. The maximum Gasteiger partial charge on any atom is 0.408 e. The molecule has 0 saturated carbocycles. The second-order valence-electron chi connectivity index (χ2n) is 12.6. The van der Waals surface area contributed by atoms with E-state index in [1.54, 1.807) is 20.8 Å². The second kappa shape index (κ2) is 16.8. The van der Waals surface area contributed by atoms with Crippen molar-refractivity contribution in [1.29, 1.82) is 0 Å². The van der Waals surface area contributed by atoms with Gasteiger partial charge in [-0.1, -0.05) is 75.4 Å². The average Bonchev–Trinajstić information content (AvgIpc) is 2.91. The third kappa shape index (κ3) is 11.0. The number of alkyl carbamates (subject to hydrolysis) is 1. The summed E-state index contributed by atoms with van der Waals surface area (Å²) < 4.78 is 5.40. The van der Waals surface area contributed by atoms with Gasteiger partial charge in [0.2, 0.25) is 11.8 Å². The molecule has 0 fully saturated rings. The van der Waals surface area contributed by atoms with E-state index in [0.29, 0.717) is 17.7 Å². The van der Waals surface area contributed by atoms with Gasteiger partial charge in [-0.15, -0.1) is 0 Å². The third-order valence-corrected chi connectivity index (χ3v) is 7.53. The van der Waals surface area contributed by atoms with E-state index in [0.717, 1.165) is 54.4 Å². The van der Waals surface area contributed by atoms with Crippen LogP contribution >= 0.6 is 0 Å². The van der Waals surface area contributed by atoms with Crippen LogP contribution in [0.2, 0.25) is 0 Å². The SMILES string of the molecule is CCCCCCCCN(C(=O)C(CC(N)=O)NC(=O)OC(C)(C)C)C(C(=O)Nc1c(C)cccc1C)c1c(C)cccc1C. The number of carbonyl (C=O) groups excluding carboxylic acids is 4. The Bertz CT molecular complexity index is 1260. The van der Waals surface area contributed by atoms with E-state index < -0.39 is 42.0 Å². The lowest BCUT2D eigenvalue weighted by Crippen LogP contribution is -2.54. The van der Waals surface area contributed by atoms with Crippen LogP contribution in [-0.4, -0.2) is 46.9 Å². The number of rotatable bonds is 15. The van der Waals surface area contributed by atoms with Gasteiger partial charge in [-0.05, 0) is 82.7 Å². The van der Waals surface area contributed by atoms with Crippen LogP contribution in [0.15, 0.2) is 36.4 Å². The van der Waals surface area contributed by atoms with Crippen molar-refractivity contribution in [1.82, 2.24) is 10.2 Å². The van der Waals surface area contributed by atoms with Crippen LogP contribution in [-0.2, 0) is 19.1 Å². The molecule has 9 heteroatoms. The molecule has 2 atom stereocenters. The molecule has 0 aliphatic rings. The minimum atomic E-state index is -1.32. The summed E-state index contributed by atoms with van der Waals surface area (Å²) in [6, 6.07) is 9.15. The summed E-state index contributed by atoms with van der Waals surface area (Å²) in [6.45, 7) is 15.2. The molecule has 0 aromatic heterocycles. The molecule has 0 saturated heterocycles. The molecule has 4 N–H and O–H groups in total. The van der Waals surface area contributed by atoms with Crippen LogP contribution in [0.1, 0.15) is 106 Å². The van der Waals surface area contributed by atoms with Crippen LogP contribution in [0.25, 0.3) is 0 Å². The van der Waals surface area contributed by atoms with Crippen molar-refractivity contribution >= 4 is 29.5 Å². The number of nitrogens with zero attached hydrogens (tertiary/aromatic N) is 1. The number of primary amides is 1. The smallest absolute Gasteiger partial charge is 0.408 e. The number of nitrogens with one attached hydrogen (secondary N) is 2. The van der Waals surface area contributed by atoms with Crippen molar-refractivity contribution in [3.05, 3.63) is 64.2 Å². The zero-order valence-electron chi connectivity index (χ0n) is 27.8. The molecule has 0 heterocycles. The zero-order valence-corrected chi connectivity index (χ0v) is 27.8. The topological polar surface area (TPSA) is 131 Å². The summed E-state index contributed by atoms with van der Waals surface area (Å²) in [4.78, 5) is 55.3. The Balaban J connectivity index is 2.63. The molecule has 0 bridgehead atoms. The van der Waals surface area contributed by atoms with Gasteiger partial charge >= 0.3 is 6.09 Å². The number of aryl methyl sites for hydroxylation is 4. The van der Waals surface area contributed by atoms with E-state index in [2.05, 4.69) is 17.6 Å². The van der Waals surface area contributed by atoms with Gasteiger partial charge in [0.25, 0.3) is 5.91 Å². The van der Waals surface area contributed by atoms with Gasteiger partial charge in [-0.3, -0.25) is 14.4 Å². The number of para-hydroxylation sites is 1. The Labute approximate surface area is 263 Å². The quantitative estimate of drug-likeness (QED) is 0.197. The number of benzene rings is 2. The molecule has 0 aliphatic heterocycles. The Hall–Kier alpha value is -3.88. The fraction of sp³-hybridized carbons (Fsp3) is 0.543. The molecule has 2 unspecified atom stereocenters. The highest BCUT2D eigenvalue weighted by Gasteiger charge is 2.38. The van der Waals surface area contributed by atoms with Crippen LogP contribution < -0.4 is 16.4 Å². The van der Waals surface area contributed by atoms with E-state index >= 15 is 0 Å². The lowest BCUT2D eigenvalue weighted by Gasteiger charge is -2.36. The first-order valence-electron chi connectivity index (χ1n) is 15.7. The maximum atomic E-state index is 14.4. The van der Waals surface area contributed by atoms with Gasteiger partial charge in [0.15, 0.2) is 0 Å². The largest absolute Gasteiger partial charge is 0.444 e. The maximum absolute atomic E-state index is 14.4. The summed E-state index contributed by atoms with van der Waals surface area (Å²) in [5, 5.41) is 5.66. The summed E-state index contributed by atoms with van der Waals surface area (Å²) in [5.74, 6) is -1.72. The van der Waals surface area contributed by atoms with E-state index in [1.165, 1.54) is 4.90 Å². The lowest BCUT2D eigenvalue weighted by molar-refractivity contribution is -0.142. The minimum absolute atomic E-state index is 0.245. The molecule has 242 valence electrons. The predicted molar refractivity (Wildman–Crippen MR) is 175 cm³/mol. The number of amides is 4. The lowest BCUT2D eigenvalue weighted by atomic mass is 9.93. The van der Waals surface area contributed by atoms with Crippen molar-refractivity contribution in [2.24, 2.45) is 5.73 Å². The standard InChI is InChI=1S/C35H52N4O5/c1-9-10-11-12-13-14-21-39(33(42)27(22-28(36)40)37-34(43)44-35(6,7)8)31(29-23(2)17-15-18-24(29)3)32(41)38-30-25(4)19-16-20-26(30)5/h15-20,27,31H,9-14,21-22H2,1-8H3,(H2,36,40)(H,37,43)(H,38,41). The zero-order chi connectivity index (χ0) is 33.0. The van der Waals surface area contributed by atoms with Crippen molar-refractivity contribution < 1.29 is 23.9 Å². The Morgan fingerprint density at radius 2 is 1.36 bits per heavy atom. The minimum Gasteiger partial charge on any atom is -0.444 e. The number of ether oxygens (including phenoxy) is 1. The van der Waals surface area contributed by atoms with Gasteiger partial charge in [0.05, 0.1) is 6.42 Å². The molecule has 0 radical (unpaired) electrons. The van der Waals surface area contributed by atoms with Crippen molar-refractivity contribution in [3.8, 4) is 0 Å². The first-order chi connectivity index (χ1) is 20.7. The highest BCUT2D eigenvalue weighted by atomic mass is 16.6. The van der Waals surface area contributed by atoms with E-state index in [1.807, 2.05) is 64.1 Å². The van der Waals surface area contributed by atoms with E-state index in [9.17, 15) is 19.2 Å². The van der Waals surface area contributed by atoms with Crippen LogP contribution in [0.3, 0.4) is 0 Å². The normalized spacial score (nSPS) is 12.6. The molecular formula is C35H52N4O5. The van der Waals surface area contributed by atoms with Crippen molar-refractivity contribution in [2.45, 2.75) is 118 Å². The summed E-state index contributed by atoms with van der Waals surface area (Å²) in [5.41, 5.74) is 9.59. The molecule has 2 aromatic carbocycles. The fourth-order valence-electron chi connectivity index (χ4n) is 5.37. The molecular weight excluding hydrogens is 556 g/mol. The number of hydrogen-bond donors (Lipinski definition) is 3. The van der Waals surface area contributed by atoms with Gasteiger partial charge in [0.1, 0.15) is 17.7 Å². The summed E-state index contributed by atoms with van der Waals surface area (Å²) >= 11 is 0. The number of nitrogens with two attached hydrogens (primary N) is 1. The highest BCUT2D eigenvalue weighted by Crippen LogP contribution is 2.31. The van der Waals surface area contributed by atoms with E-state index in [-0.39, 0.29) is 12.5 Å². The van der Waals surface area contributed by atoms with Crippen LogP contribution in [0.4, 0.5) is 10.5 Å². The Morgan fingerprint density at radius 3 is 1.89 bits per heavy atom. The van der Waals surface area contributed by atoms with Gasteiger partial charge in [0, 0.05) is 12.2 Å². The number of anilines is 1. The first kappa shape index (κ1) is 36.3. The summed E-state index contributed by atoms with van der Waals surface area (Å²) in [7, 11) is 0. The van der Waals surface area contributed by atoms with Crippen molar-refractivity contribution in [3.63, 3.8) is 0 Å². The van der Waals surface area contributed by atoms with Gasteiger partial charge in [-0.2, -0.15) is 0 Å². The fourth-order valence-corrected chi connectivity index (χ4v) is 5.37. The Morgan fingerprint density at radius 1 is 0.841 bits per heavy atom. The van der Waals surface area contributed by atoms with E-state index in [4.69, 9.17) is 10.5 Å². The van der Waals surface area contributed by atoms with Crippen molar-refractivity contribution in [2.75, 3.05) is 11.9 Å². The molecule has 2 rings (SSSR count). The highest BCUT2D eigenvalue weighted by molar-refractivity contribution is 6.00. The summed E-state index contributed by atoms with van der Waals surface area (Å²) in [6.07, 6.45) is 4.55. The van der Waals surface area contributed by atoms with Crippen LogP contribution in [0, 0.1) is 27.7 Å². The van der Waals surface area contributed by atoms with Gasteiger partial charge < -0.3 is 26.0 Å². The predicted octanol–water partition coefficient (Wildman–Crippen LogP) is 6.56. The second-order valence-corrected chi connectivity index (χ2v) is 12.6. The number of hydrogen-bond acceptors (Lipinski definition) is 5. The number of carbonyl (C=O) groups is 4. The monoisotopic (exact) mass is 608 g/mol. The Kier molecular flexibility index (Phi) is 13.9. The average molecular weight is 609 g/mol. The molecule has 0 spiro atoms. The van der Waals surface area contributed by atoms with Crippen LogP contribution in [0.5, 0.6) is 0 Å². The molecule has 0 aliphatic carbocycles.